The summed E-state index contributed by atoms with van der Waals surface area (Å²) in [6.07, 6.45) is 2.78. The summed E-state index contributed by atoms with van der Waals surface area (Å²) in [6, 6.07) is 0. The highest BCUT2D eigenvalue weighted by atomic mass is 79.9. The van der Waals surface area contributed by atoms with Crippen molar-refractivity contribution in [2.75, 3.05) is 5.33 Å². The van der Waals surface area contributed by atoms with Crippen LogP contribution in [0, 0.1) is 16.7 Å². The van der Waals surface area contributed by atoms with Crippen molar-refractivity contribution >= 4 is 15.9 Å². The SMILES string of the molecule is CC1(C)CCC(CBr)C1(C)C. The second kappa shape index (κ2) is 2.76. The van der Waals surface area contributed by atoms with E-state index >= 15 is 0 Å². The Bertz CT molecular complexity index is 147. The van der Waals surface area contributed by atoms with Gasteiger partial charge in [-0.25, -0.2) is 0 Å². The summed E-state index contributed by atoms with van der Waals surface area (Å²) in [6.45, 7) is 9.61. The molecule has 0 bridgehead atoms. The lowest BCUT2D eigenvalue weighted by molar-refractivity contribution is 0.118. The van der Waals surface area contributed by atoms with Gasteiger partial charge in [-0.05, 0) is 29.6 Å². The van der Waals surface area contributed by atoms with E-state index in [-0.39, 0.29) is 0 Å². The number of rotatable bonds is 1. The average Bonchev–Trinajstić information content (AvgIpc) is 2.05. The molecule has 0 heterocycles. The summed E-state index contributed by atoms with van der Waals surface area (Å²) >= 11 is 3.60. The molecule has 1 aliphatic carbocycles. The van der Waals surface area contributed by atoms with E-state index in [2.05, 4.69) is 43.6 Å². The smallest absolute Gasteiger partial charge is 0.00649 e. The maximum atomic E-state index is 3.60. The Labute approximate surface area is 78.9 Å². The van der Waals surface area contributed by atoms with Crippen LogP contribution in [0.4, 0.5) is 0 Å². The van der Waals surface area contributed by atoms with E-state index in [0.29, 0.717) is 10.8 Å². The molecule has 0 aromatic rings. The van der Waals surface area contributed by atoms with Gasteiger partial charge in [0.15, 0.2) is 0 Å². The van der Waals surface area contributed by atoms with Gasteiger partial charge in [0.25, 0.3) is 0 Å². The van der Waals surface area contributed by atoms with Gasteiger partial charge in [0, 0.05) is 5.33 Å². The maximum Gasteiger partial charge on any atom is 0.00649 e. The molecule has 1 unspecified atom stereocenters. The Balaban J connectivity index is 2.81. The topological polar surface area (TPSA) is 0 Å². The number of hydrogen-bond donors (Lipinski definition) is 0. The van der Waals surface area contributed by atoms with E-state index in [1.54, 1.807) is 0 Å². The second-order valence-electron chi connectivity index (χ2n) is 5.00. The van der Waals surface area contributed by atoms with Gasteiger partial charge in [0.1, 0.15) is 0 Å². The molecule has 1 aliphatic rings. The molecule has 66 valence electrons. The Morgan fingerprint density at radius 2 is 1.82 bits per heavy atom. The lowest BCUT2D eigenvalue weighted by Gasteiger charge is -2.38. The second-order valence-corrected chi connectivity index (χ2v) is 5.64. The predicted molar refractivity (Wildman–Crippen MR) is 54.1 cm³/mol. The van der Waals surface area contributed by atoms with Gasteiger partial charge in [-0.15, -0.1) is 0 Å². The maximum absolute atomic E-state index is 3.60. The molecule has 11 heavy (non-hydrogen) atoms. The molecule has 1 fully saturated rings. The molecule has 0 aromatic carbocycles. The van der Waals surface area contributed by atoms with Gasteiger partial charge in [-0.1, -0.05) is 43.6 Å². The van der Waals surface area contributed by atoms with Crippen LogP contribution in [0.2, 0.25) is 0 Å². The van der Waals surface area contributed by atoms with Crippen LogP contribution in [0.5, 0.6) is 0 Å². The third-order valence-corrected chi connectivity index (χ3v) is 4.85. The minimum atomic E-state index is 0.510. The van der Waals surface area contributed by atoms with E-state index < -0.39 is 0 Å². The highest BCUT2D eigenvalue weighted by Crippen LogP contribution is 2.55. The van der Waals surface area contributed by atoms with Crippen LogP contribution in [0.3, 0.4) is 0 Å². The van der Waals surface area contributed by atoms with Crippen molar-refractivity contribution in [3.63, 3.8) is 0 Å². The first-order valence-electron chi connectivity index (χ1n) is 4.48. The third kappa shape index (κ3) is 1.37. The van der Waals surface area contributed by atoms with E-state index in [0.717, 1.165) is 5.92 Å². The zero-order valence-corrected chi connectivity index (χ0v) is 9.66. The van der Waals surface area contributed by atoms with Gasteiger partial charge in [0.2, 0.25) is 0 Å². The first kappa shape index (κ1) is 9.57. The Kier molecular flexibility index (Phi) is 2.40. The first-order valence-corrected chi connectivity index (χ1v) is 5.60. The molecular formula is C10H19Br. The molecule has 0 aromatic heterocycles. The molecule has 1 saturated carbocycles. The molecular weight excluding hydrogens is 200 g/mol. The molecule has 0 N–H and O–H groups in total. The average molecular weight is 219 g/mol. The quantitative estimate of drug-likeness (QED) is 0.587. The van der Waals surface area contributed by atoms with Crippen molar-refractivity contribution in [2.24, 2.45) is 16.7 Å². The van der Waals surface area contributed by atoms with Crippen LogP contribution in [0.1, 0.15) is 40.5 Å². The molecule has 0 spiro atoms. The van der Waals surface area contributed by atoms with Crippen LogP contribution >= 0.6 is 15.9 Å². The fraction of sp³-hybridized carbons (Fsp3) is 1.00. The van der Waals surface area contributed by atoms with Gasteiger partial charge in [0.05, 0.1) is 0 Å². The number of hydrogen-bond acceptors (Lipinski definition) is 0. The van der Waals surface area contributed by atoms with Crippen molar-refractivity contribution in [3.8, 4) is 0 Å². The van der Waals surface area contributed by atoms with Crippen molar-refractivity contribution < 1.29 is 0 Å². The van der Waals surface area contributed by atoms with Crippen LogP contribution in [0.15, 0.2) is 0 Å². The molecule has 0 nitrogen and oxygen atoms in total. The normalized spacial score (nSPS) is 34.1. The molecule has 0 aliphatic heterocycles. The molecule has 0 amide bonds. The summed E-state index contributed by atoms with van der Waals surface area (Å²) in [4.78, 5) is 0. The van der Waals surface area contributed by atoms with Gasteiger partial charge in [-0.3, -0.25) is 0 Å². The zero-order chi connectivity index (χ0) is 8.70. The first-order chi connectivity index (χ1) is 4.92. The minimum absolute atomic E-state index is 0.510. The fourth-order valence-corrected chi connectivity index (χ4v) is 3.17. The van der Waals surface area contributed by atoms with Crippen molar-refractivity contribution in [2.45, 2.75) is 40.5 Å². The fourth-order valence-electron chi connectivity index (χ4n) is 2.04. The third-order valence-electron chi connectivity index (χ3n) is 4.07. The van der Waals surface area contributed by atoms with Gasteiger partial charge < -0.3 is 0 Å². The highest BCUT2D eigenvalue weighted by molar-refractivity contribution is 9.09. The van der Waals surface area contributed by atoms with E-state index in [1.807, 2.05) is 0 Å². The summed E-state index contributed by atoms with van der Waals surface area (Å²) in [5, 5.41) is 1.17. The van der Waals surface area contributed by atoms with Crippen molar-refractivity contribution in [3.05, 3.63) is 0 Å². The lowest BCUT2D eigenvalue weighted by Crippen LogP contribution is -2.32. The summed E-state index contributed by atoms with van der Waals surface area (Å²) in [5.41, 5.74) is 1.04. The minimum Gasteiger partial charge on any atom is -0.0925 e. The molecule has 1 atom stereocenters. The molecule has 0 saturated heterocycles. The number of alkyl halides is 1. The zero-order valence-electron chi connectivity index (χ0n) is 8.08. The van der Waals surface area contributed by atoms with E-state index in [1.165, 1.54) is 18.2 Å². The van der Waals surface area contributed by atoms with Crippen LogP contribution in [-0.2, 0) is 0 Å². The van der Waals surface area contributed by atoms with E-state index in [9.17, 15) is 0 Å². The Hall–Kier alpha value is 0.480. The summed E-state index contributed by atoms with van der Waals surface area (Å²) in [5.74, 6) is 0.873. The molecule has 1 heteroatoms. The monoisotopic (exact) mass is 218 g/mol. The molecule has 0 radical (unpaired) electrons. The lowest BCUT2D eigenvalue weighted by atomic mass is 9.67. The number of halogens is 1. The Morgan fingerprint density at radius 1 is 1.27 bits per heavy atom. The molecule has 1 rings (SSSR count). The van der Waals surface area contributed by atoms with Crippen molar-refractivity contribution in [1.82, 2.24) is 0 Å². The summed E-state index contributed by atoms with van der Waals surface area (Å²) < 4.78 is 0. The van der Waals surface area contributed by atoms with E-state index in [4.69, 9.17) is 0 Å². The summed E-state index contributed by atoms with van der Waals surface area (Å²) in [7, 11) is 0. The van der Waals surface area contributed by atoms with Crippen LogP contribution in [-0.4, -0.2) is 5.33 Å². The van der Waals surface area contributed by atoms with Crippen LogP contribution < -0.4 is 0 Å². The van der Waals surface area contributed by atoms with Crippen LogP contribution in [0.25, 0.3) is 0 Å². The van der Waals surface area contributed by atoms with Crippen molar-refractivity contribution in [1.29, 1.82) is 0 Å². The highest BCUT2D eigenvalue weighted by Gasteiger charge is 2.47. The predicted octanol–water partition coefficient (Wildman–Crippen LogP) is 3.84. The largest absolute Gasteiger partial charge is 0.0925 e. The van der Waals surface area contributed by atoms with Gasteiger partial charge in [-0.2, -0.15) is 0 Å². The Morgan fingerprint density at radius 3 is 2.00 bits per heavy atom. The standard InChI is InChI=1S/C10H19Br/c1-9(2)6-5-8(7-11)10(9,3)4/h8H,5-7H2,1-4H3. The van der Waals surface area contributed by atoms with Gasteiger partial charge >= 0.3 is 0 Å².